The Kier molecular flexibility index (Phi) is 3.64. The molecule has 0 amide bonds. The zero-order valence-corrected chi connectivity index (χ0v) is 11.6. The summed E-state index contributed by atoms with van der Waals surface area (Å²) in [4.78, 5) is 0.205. The highest BCUT2D eigenvalue weighted by Crippen LogP contribution is 2.21. The van der Waals surface area contributed by atoms with Gasteiger partial charge in [0.25, 0.3) is 0 Å². The normalized spacial score (nSPS) is 11.9. The topological polar surface area (TPSA) is 76.5 Å². The summed E-state index contributed by atoms with van der Waals surface area (Å²) in [6.45, 7) is 2.07. The van der Waals surface area contributed by atoms with Gasteiger partial charge >= 0.3 is 0 Å². The Hall–Kier alpha value is -1.79. The fourth-order valence-electron chi connectivity index (χ4n) is 1.83. The van der Waals surface area contributed by atoms with Crippen LogP contribution >= 0.6 is 0 Å². The van der Waals surface area contributed by atoms with Crippen LogP contribution in [0.5, 0.6) is 0 Å². The summed E-state index contributed by atoms with van der Waals surface area (Å²) in [5, 5.41) is 0. The number of aryl methyl sites for hydroxylation is 1. The minimum Gasteiger partial charge on any atom is -0.472 e. The van der Waals surface area contributed by atoms with Gasteiger partial charge in [-0.1, -0.05) is 0 Å². The molecular weight excluding hydrogens is 264 g/mol. The minimum atomic E-state index is -3.55. The van der Waals surface area contributed by atoms with Gasteiger partial charge in [-0.05, 0) is 36.8 Å². The van der Waals surface area contributed by atoms with E-state index >= 15 is 0 Å². The molecule has 0 spiro atoms. The third-order valence-electron chi connectivity index (χ3n) is 2.77. The maximum Gasteiger partial charge on any atom is 0.243 e. The van der Waals surface area contributed by atoms with Crippen molar-refractivity contribution >= 4 is 15.7 Å². The Morgan fingerprint density at radius 2 is 2.05 bits per heavy atom. The van der Waals surface area contributed by atoms with Crippen molar-refractivity contribution in [3.63, 3.8) is 0 Å². The monoisotopic (exact) mass is 280 g/mol. The molecule has 2 N–H and O–H groups in total. The number of nitrogens with two attached hydrogens (primary N) is 1. The molecule has 6 heteroatoms. The van der Waals surface area contributed by atoms with E-state index in [1.807, 2.05) is 6.92 Å². The van der Waals surface area contributed by atoms with Crippen LogP contribution in [-0.2, 0) is 16.6 Å². The third kappa shape index (κ3) is 2.97. The first-order valence-corrected chi connectivity index (χ1v) is 7.18. The van der Waals surface area contributed by atoms with E-state index in [1.165, 1.54) is 29.9 Å². The van der Waals surface area contributed by atoms with Crippen LogP contribution in [0.2, 0.25) is 0 Å². The van der Waals surface area contributed by atoms with Crippen molar-refractivity contribution in [3.8, 4) is 0 Å². The molecule has 19 heavy (non-hydrogen) atoms. The molecule has 2 aromatic rings. The molecule has 0 radical (unpaired) electrons. The van der Waals surface area contributed by atoms with Crippen LogP contribution in [0, 0.1) is 6.92 Å². The minimum absolute atomic E-state index is 0.205. The summed E-state index contributed by atoms with van der Waals surface area (Å²) in [5.74, 6) is 0. The molecule has 1 aromatic carbocycles. The van der Waals surface area contributed by atoms with Crippen molar-refractivity contribution in [1.29, 1.82) is 0 Å². The molecular formula is C13H16N2O3S. The van der Waals surface area contributed by atoms with Crippen molar-refractivity contribution in [2.75, 3.05) is 12.8 Å². The number of furan rings is 1. The molecule has 0 aliphatic carbocycles. The molecule has 0 fully saturated rings. The molecule has 0 aliphatic heterocycles. The summed E-state index contributed by atoms with van der Waals surface area (Å²) in [7, 11) is -2.02. The van der Waals surface area contributed by atoms with Crippen molar-refractivity contribution in [2.45, 2.75) is 18.4 Å². The second kappa shape index (κ2) is 5.07. The summed E-state index contributed by atoms with van der Waals surface area (Å²) in [6, 6.07) is 6.54. The third-order valence-corrected chi connectivity index (χ3v) is 4.55. The van der Waals surface area contributed by atoms with Gasteiger partial charge < -0.3 is 10.2 Å². The largest absolute Gasteiger partial charge is 0.472 e. The van der Waals surface area contributed by atoms with Crippen LogP contribution in [0.3, 0.4) is 0 Å². The predicted octanol–water partition coefficient (Wildman–Crippen LogP) is 1.99. The Bertz CT molecular complexity index is 643. The number of sulfonamides is 1. The lowest BCUT2D eigenvalue weighted by atomic mass is 10.2. The molecule has 0 unspecified atom stereocenters. The van der Waals surface area contributed by atoms with Crippen LogP contribution in [0.25, 0.3) is 0 Å². The number of hydrogen-bond donors (Lipinski definition) is 1. The molecule has 0 aliphatic rings. The summed E-state index contributed by atoms with van der Waals surface area (Å²) < 4.78 is 31.0. The number of benzene rings is 1. The van der Waals surface area contributed by atoms with E-state index in [0.717, 1.165) is 11.1 Å². The lowest BCUT2D eigenvalue weighted by molar-refractivity contribution is 0.463. The highest BCUT2D eigenvalue weighted by molar-refractivity contribution is 7.89. The van der Waals surface area contributed by atoms with Gasteiger partial charge in [0, 0.05) is 24.8 Å². The van der Waals surface area contributed by atoms with Crippen molar-refractivity contribution in [1.82, 2.24) is 4.31 Å². The van der Waals surface area contributed by atoms with Gasteiger partial charge in [0.05, 0.1) is 17.4 Å². The van der Waals surface area contributed by atoms with Crippen LogP contribution in [-0.4, -0.2) is 19.8 Å². The maximum atomic E-state index is 12.4. The molecule has 5 nitrogen and oxygen atoms in total. The molecule has 1 heterocycles. The number of hydrogen-bond acceptors (Lipinski definition) is 4. The molecule has 2 rings (SSSR count). The average molecular weight is 280 g/mol. The van der Waals surface area contributed by atoms with E-state index in [2.05, 4.69) is 0 Å². The average Bonchev–Trinajstić information content (AvgIpc) is 2.80. The Morgan fingerprint density at radius 1 is 1.32 bits per heavy atom. The summed E-state index contributed by atoms with van der Waals surface area (Å²) in [6.07, 6.45) is 3.04. The van der Waals surface area contributed by atoms with Crippen LogP contribution in [0.4, 0.5) is 5.69 Å². The summed E-state index contributed by atoms with van der Waals surface area (Å²) in [5.41, 5.74) is 7.75. The van der Waals surface area contributed by atoms with E-state index < -0.39 is 10.0 Å². The second-order valence-corrected chi connectivity index (χ2v) is 6.52. The zero-order chi connectivity index (χ0) is 14.0. The van der Waals surface area contributed by atoms with Gasteiger partial charge in [-0.25, -0.2) is 8.42 Å². The first-order valence-electron chi connectivity index (χ1n) is 5.74. The standard InChI is InChI=1S/C13H16N2O3S/c1-10-5-12(14)7-13(6-10)19(16,17)15(2)8-11-3-4-18-9-11/h3-7,9H,8,14H2,1-2H3. The van der Waals surface area contributed by atoms with Crippen LogP contribution in [0.1, 0.15) is 11.1 Å². The van der Waals surface area contributed by atoms with Gasteiger partial charge in [-0.15, -0.1) is 0 Å². The molecule has 0 saturated heterocycles. The maximum absolute atomic E-state index is 12.4. The molecule has 0 saturated carbocycles. The van der Waals surface area contributed by atoms with Gasteiger partial charge in [-0.3, -0.25) is 0 Å². The van der Waals surface area contributed by atoms with E-state index in [0.29, 0.717) is 5.69 Å². The Balaban J connectivity index is 2.31. The Morgan fingerprint density at radius 3 is 2.63 bits per heavy atom. The number of anilines is 1. The lowest BCUT2D eigenvalue weighted by Gasteiger charge is -2.17. The van der Waals surface area contributed by atoms with E-state index in [4.69, 9.17) is 10.2 Å². The number of rotatable bonds is 4. The van der Waals surface area contributed by atoms with Gasteiger partial charge in [0.1, 0.15) is 0 Å². The zero-order valence-electron chi connectivity index (χ0n) is 10.8. The van der Waals surface area contributed by atoms with Crippen molar-refractivity contribution in [2.24, 2.45) is 0 Å². The second-order valence-electron chi connectivity index (χ2n) is 4.47. The smallest absolute Gasteiger partial charge is 0.243 e. The van der Waals surface area contributed by atoms with E-state index in [9.17, 15) is 8.42 Å². The fourth-order valence-corrected chi connectivity index (χ4v) is 3.13. The first kappa shape index (κ1) is 13.6. The van der Waals surface area contributed by atoms with E-state index in [1.54, 1.807) is 18.2 Å². The first-order chi connectivity index (χ1) is 8.89. The number of nitrogen functional groups attached to an aromatic ring is 1. The van der Waals surface area contributed by atoms with Crippen LogP contribution < -0.4 is 5.73 Å². The van der Waals surface area contributed by atoms with Gasteiger partial charge in [-0.2, -0.15) is 4.31 Å². The predicted molar refractivity (Wildman–Crippen MR) is 73.0 cm³/mol. The van der Waals surface area contributed by atoms with Gasteiger partial charge in [0.15, 0.2) is 0 Å². The molecule has 0 atom stereocenters. The van der Waals surface area contributed by atoms with Crippen molar-refractivity contribution < 1.29 is 12.8 Å². The van der Waals surface area contributed by atoms with Crippen molar-refractivity contribution in [3.05, 3.63) is 47.9 Å². The molecule has 102 valence electrons. The highest BCUT2D eigenvalue weighted by atomic mass is 32.2. The Labute approximate surface area is 112 Å². The fraction of sp³-hybridized carbons (Fsp3) is 0.231. The number of nitrogens with zero attached hydrogens (tertiary/aromatic N) is 1. The van der Waals surface area contributed by atoms with E-state index in [-0.39, 0.29) is 11.4 Å². The van der Waals surface area contributed by atoms with Crippen LogP contribution in [0.15, 0.2) is 46.1 Å². The summed E-state index contributed by atoms with van der Waals surface area (Å²) >= 11 is 0. The molecule has 1 aromatic heterocycles. The lowest BCUT2D eigenvalue weighted by Crippen LogP contribution is -2.26. The molecule has 0 bridgehead atoms. The quantitative estimate of drug-likeness (QED) is 0.869. The van der Waals surface area contributed by atoms with Gasteiger partial charge in [0.2, 0.25) is 10.0 Å². The SMILES string of the molecule is Cc1cc(N)cc(S(=O)(=O)N(C)Cc2ccoc2)c1. The highest BCUT2D eigenvalue weighted by Gasteiger charge is 2.21.